The molecule has 0 aromatic carbocycles. The van der Waals surface area contributed by atoms with Gasteiger partial charge in [0.15, 0.2) is 5.82 Å². The summed E-state index contributed by atoms with van der Waals surface area (Å²) < 4.78 is 5.38. The molecule has 1 saturated heterocycles. The molecule has 0 radical (unpaired) electrons. The highest BCUT2D eigenvalue weighted by atomic mass is 16.5. The quantitative estimate of drug-likeness (QED) is 0.914. The van der Waals surface area contributed by atoms with Crippen molar-refractivity contribution in [1.29, 1.82) is 0 Å². The van der Waals surface area contributed by atoms with Gasteiger partial charge in [0.05, 0.1) is 12.5 Å². The highest BCUT2D eigenvalue weighted by Crippen LogP contribution is 2.21. The van der Waals surface area contributed by atoms with Crippen LogP contribution in [0.3, 0.4) is 0 Å². The monoisotopic (exact) mass is 258 g/mol. The predicted octanol–water partition coefficient (Wildman–Crippen LogP) is 2.26. The zero-order valence-corrected chi connectivity index (χ0v) is 10.9. The summed E-state index contributed by atoms with van der Waals surface area (Å²) in [6.07, 6.45) is 7.20. The molecule has 19 heavy (non-hydrogen) atoms. The molecule has 1 unspecified atom stereocenters. The first-order valence-electron chi connectivity index (χ1n) is 6.87. The third-order valence-electron chi connectivity index (χ3n) is 3.41. The van der Waals surface area contributed by atoms with E-state index >= 15 is 0 Å². The van der Waals surface area contributed by atoms with Gasteiger partial charge < -0.3 is 9.84 Å². The number of rotatable bonds is 3. The van der Waals surface area contributed by atoms with E-state index < -0.39 is 0 Å². The van der Waals surface area contributed by atoms with E-state index in [-0.39, 0.29) is 6.04 Å². The van der Waals surface area contributed by atoms with Gasteiger partial charge in [-0.3, -0.25) is 4.98 Å². The van der Waals surface area contributed by atoms with Crippen LogP contribution in [-0.4, -0.2) is 21.7 Å². The number of hydrogen-bond donors (Lipinski definition) is 1. The highest BCUT2D eigenvalue weighted by Gasteiger charge is 2.20. The summed E-state index contributed by atoms with van der Waals surface area (Å²) in [6.45, 7) is 1.03. The minimum atomic E-state index is 0.215. The number of nitrogens with one attached hydrogen (secondary N) is 1. The van der Waals surface area contributed by atoms with Crippen LogP contribution in [0.5, 0.6) is 0 Å². The Morgan fingerprint density at radius 2 is 2.26 bits per heavy atom. The average molecular weight is 258 g/mol. The molecule has 1 aliphatic rings. The Hall–Kier alpha value is -1.75. The Bertz CT molecular complexity index is 503. The van der Waals surface area contributed by atoms with Gasteiger partial charge in [0.1, 0.15) is 0 Å². The van der Waals surface area contributed by atoms with Gasteiger partial charge >= 0.3 is 0 Å². The first kappa shape index (κ1) is 12.3. The lowest BCUT2D eigenvalue weighted by molar-refractivity contribution is 0.325. The van der Waals surface area contributed by atoms with Crippen LogP contribution in [0.2, 0.25) is 0 Å². The predicted molar refractivity (Wildman–Crippen MR) is 70.6 cm³/mol. The normalized spacial score (nSPS) is 20.1. The molecule has 0 spiro atoms. The smallest absolute Gasteiger partial charge is 0.243 e. The summed E-state index contributed by atoms with van der Waals surface area (Å²) in [5.74, 6) is 1.42. The van der Waals surface area contributed by atoms with E-state index in [1.165, 1.54) is 19.3 Å². The van der Waals surface area contributed by atoms with Gasteiger partial charge in [-0.2, -0.15) is 4.98 Å². The van der Waals surface area contributed by atoms with Gasteiger partial charge in [0.25, 0.3) is 0 Å². The lowest BCUT2D eigenvalue weighted by Gasteiger charge is -2.09. The van der Waals surface area contributed by atoms with Gasteiger partial charge in [-0.15, -0.1) is 0 Å². The third kappa shape index (κ3) is 3.17. The molecular formula is C14H18N4O. The van der Waals surface area contributed by atoms with Crippen LogP contribution < -0.4 is 5.32 Å². The van der Waals surface area contributed by atoms with Crippen molar-refractivity contribution in [2.24, 2.45) is 0 Å². The zero-order chi connectivity index (χ0) is 12.9. The molecule has 1 aliphatic heterocycles. The molecule has 1 fully saturated rings. The lowest BCUT2D eigenvalue weighted by atomic mass is 10.1. The SMILES string of the molecule is c1ccc(Cc2noc(C3CCCCCN3)n2)nc1. The maximum Gasteiger partial charge on any atom is 0.243 e. The number of nitrogens with zero attached hydrogens (tertiary/aromatic N) is 3. The average Bonchev–Trinajstić information content (AvgIpc) is 2.74. The second-order valence-electron chi connectivity index (χ2n) is 4.90. The van der Waals surface area contributed by atoms with Crippen molar-refractivity contribution in [3.05, 3.63) is 41.8 Å². The fraction of sp³-hybridized carbons (Fsp3) is 0.500. The van der Waals surface area contributed by atoms with Crippen molar-refractivity contribution in [1.82, 2.24) is 20.4 Å². The molecule has 0 amide bonds. The van der Waals surface area contributed by atoms with Crippen molar-refractivity contribution in [2.75, 3.05) is 6.54 Å². The van der Waals surface area contributed by atoms with Crippen molar-refractivity contribution in [3.8, 4) is 0 Å². The topological polar surface area (TPSA) is 63.8 Å². The Balaban J connectivity index is 1.68. The van der Waals surface area contributed by atoms with Crippen LogP contribution in [0.4, 0.5) is 0 Å². The summed E-state index contributed by atoms with van der Waals surface area (Å²) in [5, 5.41) is 7.51. The Morgan fingerprint density at radius 3 is 3.16 bits per heavy atom. The zero-order valence-electron chi connectivity index (χ0n) is 10.9. The standard InChI is InChI=1S/C14H18N4O/c1-2-7-12(16-9-4-1)14-17-13(18-19-14)10-11-6-3-5-8-15-11/h3,5-6,8,12,16H,1-2,4,7,9-10H2. The molecular weight excluding hydrogens is 240 g/mol. The van der Waals surface area contributed by atoms with E-state index in [2.05, 4.69) is 20.4 Å². The number of hydrogen-bond acceptors (Lipinski definition) is 5. The summed E-state index contributed by atoms with van der Waals surface area (Å²) in [5.41, 5.74) is 0.962. The van der Waals surface area contributed by atoms with E-state index in [1.807, 2.05) is 18.2 Å². The van der Waals surface area contributed by atoms with Gasteiger partial charge in [0, 0.05) is 11.9 Å². The van der Waals surface area contributed by atoms with Crippen LogP contribution in [0.1, 0.15) is 49.1 Å². The molecule has 2 aromatic heterocycles. The van der Waals surface area contributed by atoms with E-state index in [0.29, 0.717) is 18.1 Å². The Morgan fingerprint density at radius 1 is 1.26 bits per heavy atom. The van der Waals surface area contributed by atoms with Crippen LogP contribution >= 0.6 is 0 Å². The minimum absolute atomic E-state index is 0.215. The molecule has 3 heterocycles. The largest absolute Gasteiger partial charge is 0.338 e. The number of aromatic nitrogens is 3. The van der Waals surface area contributed by atoms with Crippen molar-refractivity contribution >= 4 is 0 Å². The van der Waals surface area contributed by atoms with E-state index in [4.69, 9.17) is 4.52 Å². The molecule has 5 nitrogen and oxygen atoms in total. The minimum Gasteiger partial charge on any atom is -0.338 e. The van der Waals surface area contributed by atoms with E-state index in [9.17, 15) is 0 Å². The van der Waals surface area contributed by atoms with Crippen molar-refractivity contribution < 1.29 is 4.52 Å². The fourth-order valence-electron chi connectivity index (χ4n) is 2.38. The van der Waals surface area contributed by atoms with Gasteiger partial charge in [-0.05, 0) is 31.5 Å². The highest BCUT2D eigenvalue weighted by molar-refractivity contribution is 5.09. The molecule has 0 aliphatic carbocycles. The summed E-state index contributed by atoms with van der Waals surface area (Å²) >= 11 is 0. The number of pyridine rings is 1. The third-order valence-corrected chi connectivity index (χ3v) is 3.41. The second-order valence-corrected chi connectivity index (χ2v) is 4.90. The lowest BCUT2D eigenvalue weighted by Crippen LogP contribution is -2.20. The molecule has 0 saturated carbocycles. The summed E-state index contributed by atoms with van der Waals surface area (Å²) in [6, 6.07) is 6.06. The fourth-order valence-corrected chi connectivity index (χ4v) is 2.38. The van der Waals surface area contributed by atoms with Gasteiger partial charge in [-0.1, -0.05) is 24.1 Å². The first-order chi connectivity index (χ1) is 9.42. The molecule has 1 atom stereocenters. The summed E-state index contributed by atoms with van der Waals surface area (Å²) in [7, 11) is 0. The maximum atomic E-state index is 5.38. The van der Waals surface area contributed by atoms with Crippen molar-refractivity contribution in [3.63, 3.8) is 0 Å². The van der Waals surface area contributed by atoms with Crippen molar-refractivity contribution in [2.45, 2.75) is 38.1 Å². The Labute approximate surface area is 112 Å². The maximum absolute atomic E-state index is 5.38. The molecule has 1 N–H and O–H groups in total. The second kappa shape index (κ2) is 5.93. The molecule has 100 valence electrons. The van der Waals surface area contributed by atoms with Gasteiger partial charge in [0.2, 0.25) is 5.89 Å². The van der Waals surface area contributed by atoms with Crippen LogP contribution in [0, 0.1) is 0 Å². The summed E-state index contributed by atoms with van der Waals surface area (Å²) in [4.78, 5) is 8.76. The Kier molecular flexibility index (Phi) is 3.83. The van der Waals surface area contributed by atoms with E-state index in [0.717, 1.165) is 18.7 Å². The molecule has 0 bridgehead atoms. The first-order valence-corrected chi connectivity index (χ1v) is 6.87. The van der Waals surface area contributed by atoms with Crippen LogP contribution in [-0.2, 0) is 6.42 Å². The van der Waals surface area contributed by atoms with Crippen LogP contribution in [0.25, 0.3) is 0 Å². The van der Waals surface area contributed by atoms with Gasteiger partial charge in [-0.25, -0.2) is 0 Å². The molecule has 2 aromatic rings. The van der Waals surface area contributed by atoms with E-state index in [1.54, 1.807) is 6.20 Å². The molecule has 3 rings (SSSR count). The molecule has 5 heteroatoms. The van der Waals surface area contributed by atoms with Crippen LogP contribution in [0.15, 0.2) is 28.9 Å².